The van der Waals surface area contributed by atoms with Crippen LogP contribution in [-0.4, -0.2) is 36.1 Å². The van der Waals surface area contributed by atoms with E-state index in [1.807, 2.05) is 7.05 Å². The number of aromatic hydroxyl groups is 1. The van der Waals surface area contributed by atoms with E-state index < -0.39 is 28.8 Å². The van der Waals surface area contributed by atoms with E-state index in [9.17, 15) is 33.4 Å². The lowest BCUT2D eigenvalue weighted by atomic mass is 9.90. The third-order valence-corrected chi connectivity index (χ3v) is 6.48. The normalized spacial score (nSPS) is 11.1. The molecule has 4 rings (SSSR count). The maximum Gasteiger partial charge on any atom is 0.336 e. The number of hydrogen-bond acceptors (Lipinski definition) is 6. The molecule has 2 aromatic rings. The van der Waals surface area contributed by atoms with E-state index in [2.05, 4.69) is 19.2 Å². The molecule has 0 saturated carbocycles. The Kier molecular flexibility index (Phi) is 10.5. The molecule has 0 atom stereocenters. The maximum absolute atomic E-state index is 14.1. The molecule has 1 aliphatic carbocycles. The number of phenolic OH excluding ortho intramolecular Hbond substituents is 1. The van der Waals surface area contributed by atoms with Gasteiger partial charge < -0.3 is 19.9 Å². The monoisotopic (exact) mass is 553 g/mol. The van der Waals surface area contributed by atoms with Gasteiger partial charge >= 0.3 is 5.97 Å². The van der Waals surface area contributed by atoms with Crippen LogP contribution in [0.3, 0.4) is 0 Å². The summed E-state index contributed by atoms with van der Waals surface area (Å²) in [5.74, 6) is -3.39. The Morgan fingerprint density at radius 3 is 2.38 bits per heavy atom. The summed E-state index contributed by atoms with van der Waals surface area (Å²) in [6.07, 6.45) is 7.44. The minimum Gasteiger partial charge on any atom is -0.505 e. The first kappa shape index (κ1) is 30.4. The van der Waals surface area contributed by atoms with Gasteiger partial charge in [-0.25, -0.2) is 13.6 Å². The number of aromatic carboxylic acids is 1. The summed E-state index contributed by atoms with van der Waals surface area (Å²) in [6, 6.07) is 7.46. The molecule has 0 unspecified atom stereocenters. The van der Waals surface area contributed by atoms with Crippen molar-refractivity contribution in [1.82, 2.24) is 5.32 Å². The molecule has 0 saturated heterocycles. The van der Waals surface area contributed by atoms with Crippen LogP contribution in [-0.2, 0) is 0 Å². The van der Waals surface area contributed by atoms with E-state index in [1.54, 1.807) is 0 Å². The predicted octanol–water partition coefficient (Wildman–Crippen LogP) is 6.87. The molecule has 3 N–H and O–H groups in total. The second-order valence-electron chi connectivity index (χ2n) is 9.98. The SMILES string of the molecule is CNCCCCCCC(C)C.O=Cc1ccc(-c2c3cc(F)c(=O)cc-3oc3cc(O)c(F)cc23)c(C(=O)O)c1. The van der Waals surface area contributed by atoms with Gasteiger partial charge in [-0.05, 0) is 49.7 Å². The number of aldehydes is 1. The minimum absolute atomic E-state index is 0.0287. The van der Waals surface area contributed by atoms with E-state index in [4.69, 9.17) is 4.42 Å². The zero-order valence-corrected chi connectivity index (χ0v) is 22.7. The van der Waals surface area contributed by atoms with Crippen LogP contribution in [0.25, 0.3) is 33.4 Å². The lowest BCUT2D eigenvalue weighted by Crippen LogP contribution is -2.08. The highest BCUT2D eigenvalue weighted by Gasteiger charge is 2.24. The van der Waals surface area contributed by atoms with E-state index in [0.717, 1.165) is 36.2 Å². The average Bonchev–Trinajstić information content (AvgIpc) is 2.91. The first-order valence-corrected chi connectivity index (χ1v) is 13.1. The number of halogens is 2. The molecule has 0 amide bonds. The number of benzene rings is 3. The molecule has 7 nitrogen and oxygen atoms in total. The van der Waals surface area contributed by atoms with Gasteiger partial charge in [0.05, 0.1) is 5.56 Å². The summed E-state index contributed by atoms with van der Waals surface area (Å²) < 4.78 is 33.7. The van der Waals surface area contributed by atoms with Crippen molar-refractivity contribution in [3.05, 3.63) is 75.4 Å². The molecule has 9 heteroatoms. The van der Waals surface area contributed by atoms with Gasteiger partial charge in [0.25, 0.3) is 0 Å². The molecule has 0 bridgehead atoms. The predicted molar refractivity (Wildman–Crippen MR) is 150 cm³/mol. The van der Waals surface area contributed by atoms with Crippen LogP contribution in [0.15, 0.2) is 51.7 Å². The van der Waals surface area contributed by atoms with Crippen LogP contribution < -0.4 is 10.7 Å². The number of hydrogen-bond donors (Lipinski definition) is 3. The maximum atomic E-state index is 14.1. The Bertz CT molecular complexity index is 1530. The standard InChI is InChI=1S/C21H10F2O6.C10H23N/c22-14-4-12-18(6-16(14)25)29-19-7-17(26)15(23)5-13(19)20(12)10-2-1-9(8-24)3-11(10)21(27)28;1-10(2)8-6-4-5-7-9-11-3/h1-8,25H,(H,27,28);10-11H,4-9H2,1-3H3. The van der Waals surface area contributed by atoms with Crippen molar-refractivity contribution in [1.29, 1.82) is 0 Å². The highest BCUT2D eigenvalue weighted by Crippen LogP contribution is 2.42. The second-order valence-corrected chi connectivity index (χ2v) is 9.98. The van der Waals surface area contributed by atoms with Gasteiger partial charge in [-0.1, -0.05) is 51.7 Å². The zero-order chi connectivity index (χ0) is 29.4. The Hall–Kier alpha value is -4.11. The number of fused-ring (bicyclic) bond motifs is 2. The number of nitrogens with one attached hydrogen (secondary N) is 1. The first-order valence-electron chi connectivity index (χ1n) is 13.1. The Morgan fingerprint density at radius 1 is 1.00 bits per heavy atom. The topological polar surface area (TPSA) is 117 Å². The smallest absolute Gasteiger partial charge is 0.336 e. The number of carboxylic acids is 1. The number of unbranched alkanes of at least 4 members (excludes halogenated alkanes) is 3. The lowest BCUT2D eigenvalue weighted by molar-refractivity contribution is 0.0697. The molecule has 0 radical (unpaired) electrons. The van der Waals surface area contributed by atoms with Gasteiger partial charge in [0, 0.05) is 34.2 Å². The molecule has 40 heavy (non-hydrogen) atoms. The van der Waals surface area contributed by atoms with Crippen molar-refractivity contribution < 1.29 is 33.0 Å². The number of rotatable bonds is 10. The van der Waals surface area contributed by atoms with Crippen LogP contribution in [0.2, 0.25) is 0 Å². The quantitative estimate of drug-likeness (QED) is 0.111. The second kappa shape index (κ2) is 13.8. The average molecular weight is 554 g/mol. The van der Waals surface area contributed by atoms with E-state index in [1.165, 1.54) is 50.8 Å². The highest BCUT2D eigenvalue weighted by atomic mass is 19.1. The Labute approximate surface area is 230 Å². The summed E-state index contributed by atoms with van der Waals surface area (Å²) in [4.78, 5) is 34.6. The molecular weight excluding hydrogens is 520 g/mol. The Morgan fingerprint density at radius 2 is 1.73 bits per heavy atom. The van der Waals surface area contributed by atoms with Crippen LogP contribution in [0.5, 0.6) is 5.75 Å². The fourth-order valence-electron chi connectivity index (χ4n) is 4.43. The molecule has 2 aromatic carbocycles. The summed E-state index contributed by atoms with van der Waals surface area (Å²) in [6.45, 7) is 5.78. The van der Waals surface area contributed by atoms with Gasteiger partial charge in [0.1, 0.15) is 17.6 Å². The van der Waals surface area contributed by atoms with E-state index in [-0.39, 0.29) is 44.5 Å². The third-order valence-electron chi connectivity index (χ3n) is 6.48. The largest absolute Gasteiger partial charge is 0.505 e. The van der Waals surface area contributed by atoms with Crippen LogP contribution in [0, 0.1) is 17.6 Å². The van der Waals surface area contributed by atoms with Crippen molar-refractivity contribution in [2.24, 2.45) is 5.92 Å². The van der Waals surface area contributed by atoms with Crippen molar-refractivity contribution in [2.45, 2.75) is 46.0 Å². The third kappa shape index (κ3) is 7.30. The number of phenols is 1. The summed E-state index contributed by atoms with van der Waals surface area (Å²) in [5.41, 5.74) is -1.03. The molecule has 0 aromatic heterocycles. The number of carbonyl (C=O) groups is 2. The first-order chi connectivity index (χ1) is 19.1. The van der Waals surface area contributed by atoms with Crippen molar-refractivity contribution in [3.63, 3.8) is 0 Å². The zero-order valence-electron chi connectivity index (χ0n) is 22.7. The van der Waals surface area contributed by atoms with Gasteiger partial charge in [0.15, 0.2) is 17.4 Å². The van der Waals surface area contributed by atoms with Gasteiger partial charge in [-0.3, -0.25) is 9.59 Å². The number of carboxylic acid groups (broad SMARTS) is 1. The molecule has 212 valence electrons. The van der Waals surface area contributed by atoms with Crippen LogP contribution in [0.4, 0.5) is 8.78 Å². The van der Waals surface area contributed by atoms with Crippen LogP contribution >= 0.6 is 0 Å². The van der Waals surface area contributed by atoms with E-state index in [0.29, 0.717) is 6.29 Å². The molecule has 0 spiro atoms. The summed E-state index contributed by atoms with van der Waals surface area (Å²) >= 11 is 0. The minimum atomic E-state index is -1.37. The summed E-state index contributed by atoms with van der Waals surface area (Å²) in [7, 11) is 2.02. The summed E-state index contributed by atoms with van der Waals surface area (Å²) in [5, 5.41) is 22.5. The number of carbonyl (C=O) groups excluding carboxylic acids is 1. The molecule has 2 aliphatic rings. The fraction of sp³-hybridized carbons (Fsp3) is 0.323. The fourth-order valence-corrected chi connectivity index (χ4v) is 4.43. The van der Waals surface area contributed by atoms with Crippen molar-refractivity contribution in [3.8, 4) is 28.2 Å². The van der Waals surface area contributed by atoms with Crippen molar-refractivity contribution in [2.75, 3.05) is 13.6 Å². The molecule has 0 fully saturated rings. The van der Waals surface area contributed by atoms with Gasteiger partial charge in [-0.15, -0.1) is 0 Å². The van der Waals surface area contributed by atoms with Gasteiger partial charge in [0.2, 0.25) is 5.43 Å². The molecule has 1 aliphatic heterocycles. The Balaban J connectivity index is 0.000000342. The lowest BCUT2D eigenvalue weighted by Gasteiger charge is -2.17. The van der Waals surface area contributed by atoms with Crippen LogP contribution in [0.1, 0.15) is 66.7 Å². The molecular formula is C31H33F2NO6. The molecule has 1 heterocycles. The van der Waals surface area contributed by atoms with E-state index >= 15 is 0 Å². The van der Waals surface area contributed by atoms with Gasteiger partial charge in [-0.2, -0.15) is 0 Å². The van der Waals surface area contributed by atoms with Crippen molar-refractivity contribution >= 4 is 23.2 Å². The highest BCUT2D eigenvalue weighted by molar-refractivity contribution is 6.08.